The number of benzene rings is 2. The molecule has 2 aromatic carbocycles. The number of rotatable bonds is 6. The standard InChI is InChI=1S/C29H37N3O6/c1-3-20(2)26-28(35)30-23(18-33)11-7-8-16-37-24-14-12-21(13-15-24)17-25(27(34)32-26)31-29(36)38-19-22-9-5-4-6-10-22/h4-6,9-10,12-15,18,20,23,25-26H,3,7-8,11,16-17,19H2,1-2H3,(H,30,35)(H,31,36)(H,32,34)/t20?,23-,25-,26-/m0/s1. The first kappa shape index (κ1) is 28.7. The Morgan fingerprint density at radius 3 is 2.50 bits per heavy atom. The summed E-state index contributed by atoms with van der Waals surface area (Å²) in [6.45, 7) is 4.31. The van der Waals surface area contributed by atoms with Gasteiger partial charge in [-0.15, -0.1) is 0 Å². The molecule has 0 spiro atoms. The van der Waals surface area contributed by atoms with Gasteiger partial charge in [0.1, 0.15) is 30.7 Å². The van der Waals surface area contributed by atoms with E-state index < -0.39 is 36.0 Å². The van der Waals surface area contributed by atoms with E-state index in [4.69, 9.17) is 9.47 Å². The van der Waals surface area contributed by atoms with Crippen LogP contribution in [-0.4, -0.2) is 48.9 Å². The van der Waals surface area contributed by atoms with Crippen LogP contribution in [0.3, 0.4) is 0 Å². The van der Waals surface area contributed by atoms with Gasteiger partial charge in [0.25, 0.3) is 0 Å². The summed E-state index contributed by atoms with van der Waals surface area (Å²) in [5.74, 6) is -0.466. The third-order valence-corrected chi connectivity index (χ3v) is 6.65. The molecule has 2 aliphatic heterocycles. The number of amides is 3. The molecule has 2 aliphatic rings. The van der Waals surface area contributed by atoms with E-state index in [2.05, 4.69) is 16.0 Å². The molecule has 3 N–H and O–H groups in total. The maximum atomic E-state index is 13.5. The smallest absolute Gasteiger partial charge is 0.408 e. The molecule has 2 aromatic rings. The van der Waals surface area contributed by atoms with Gasteiger partial charge < -0.3 is 30.2 Å². The summed E-state index contributed by atoms with van der Waals surface area (Å²) in [4.78, 5) is 50.9. The zero-order valence-electron chi connectivity index (χ0n) is 22.0. The first-order valence-corrected chi connectivity index (χ1v) is 13.1. The summed E-state index contributed by atoms with van der Waals surface area (Å²) in [7, 11) is 0. The maximum absolute atomic E-state index is 13.5. The van der Waals surface area contributed by atoms with E-state index in [1.54, 1.807) is 0 Å². The maximum Gasteiger partial charge on any atom is 0.408 e. The molecule has 0 radical (unpaired) electrons. The van der Waals surface area contributed by atoms with Crippen LogP contribution in [0.1, 0.15) is 50.7 Å². The van der Waals surface area contributed by atoms with Crippen LogP contribution in [0.5, 0.6) is 5.75 Å². The fourth-order valence-electron chi connectivity index (χ4n) is 4.13. The fourth-order valence-corrected chi connectivity index (χ4v) is 4.13. The van der Waals surface area contributed by atoms with Gasteiger partial charge >= 0.3 is 6.09 Å². The monoisotopic (exact) mass is 523 g/mol. The van der Waals surface area contributed by atoms with Crippen molar-refractivity contribution in [3.8, 4) is 5.75 Å². The van der Waals surface area contributed by atoms with E-state index in [1.165, 1.54) is 0 Å². The summed E-state index contributed by atoms with van der Waals surface area (Å²) < 4.78 is 11.1. The Hall–Kier alpha value is -3.88. The van der Waals surface area contributed by atoms with Crippen LogP contribution in [0.25, 0.3) is 0 Å². The van der Waals surface area contributed by atoms with Gasteiger partial charge in [0.15, 0.2) is 0 Å². The van der Waals surface area contributed by atoms with Crippen molar-refractivity contribution in [2.75, 3.05) is 6.61 Å². The molecule has 0 fully saturated rings. The zero-order chi connectivity index (χ0) is 27.3. The Morgan fingerprint density at radius 1 is 1.08 bits per heavy atom. The highest BCUT2D eigenvalue weighted by atomic mass is 16.5. The Bertz CT molecular complexity index is 1060. The van der Waals surface area contributed by atoms with Crippen LogP contribution in [0.2, 0.25) is 0 Å². The van der Waals surface area contributed by atoms with Gasteiger partial charge in [-0.05, 0) is 48.4 Å². The molecule has 0 aromatic heterocycles. The predicted molar refractivity (Wildman–Crippen MR) is 142 cm³/mol. The average molecular weight is 524 g/mol. The molecule has 0 saturated heterocycles. The molecular weight excluding hydrogens is 486 g/mol. The van der Waals surface area contributed by atoms with E-state index in [0.717, 1.165) is 17.5 Å². The topological polar surface area (TPSA) is 123 Å². The Labute approximate surface area is 223 Å². The van der Waals surface area contributed by atoms with Gasteiger partial charge in [-0.2, -0.15) is 0 Å². The first-order valence-electron chi connectivity index (χ1n) is 13.1. The lowest BCUT2D eigenvalue weighted by atomic mass is 9.96. The number of hydrogen-bond donors (Lipinski definition) is 3. The van der Waals surface area contributed by atoms with E-state index in [9.17, 15) is 19.2 Å². The third-order valence-electron chi connectivity index (χ3n) is 6.65. The van der Waals surface area contributed by atoms with Gasteiger partial charge in [0.05, 0.1) is 12.6 Å². The Morgan fingerprint density at radius 2 is 1.82 bits per heavy atom. The number of nitrogens with one attached hydrogen (secondary N) is 3. The lowest BCUT2D eigenvalue weighted by Crippen LogP contribution is -2.57. The lowest BCUT2D eigenvalue weighted by Gasteiger charge is -2.27. The minimum atomic E-state index is -0.998. The molecule has 2 bridgehead atoms. The minimum absolute atomic E-state index is 0.0536. The number of hydrogen-bond acceptors (Lipinski definition) is 6. The quantitative estimate of drug-likeness (QED) is 0.500. The second kappa shape index (κ2) is 14.8. The number of aldehydes is 1. The molecule has 204 valence electrons. The van der Waals surface area contributed by atoms with Crippen molar-refractivity contribution in [1.82, 2.24) is 16.0 Å². The molecule has 9 heteroatoms. The molecule has 4 atom stereocenters. The highest BCUT2D eigenvalue weighted by Gasteiger charge is 2.31. The number of ether oxygens (including phenoxy) is 2. The summed E-state index contributed by atoms with van der Waals surface area (Å²) in [5, 5.41) is 8.23. The molecule has 2 heterocycles. The van der Waals surface area contributed by atoms with Gasteiger partial charge in [-0.1, -0.05) is 62.7 Å². The van der Waals surface area contributed by atoms with Crippen molar-refractivity contribution in [1.29, 1.82) is 0 Å². The van der Waals surface area contributed by atoms with Crippen LogP contribution in [-0.2, 0) is 32.1 Å². The average Bonchev–Trinajstić information content (AvgIpc) is 2.94. The van der Waals surface area contributed by atoms with Gasteiger partial charge in [-0.25, -0.2) is 4.79 Å². The number of alkyl carbamates (subject to hydrolysis) is 1. The van der Waals surface area contributed by atoms with E-state index in [-0.39, 0.29) is 18.9 Å². The van der Waals surface area contributed by atoms with E-state index >= 15 is 0 Å². The Kier molecular flexibility index (Phi) is 11.1. The van der Waals surface area contributed by atoms with Crippen molar-refractivity contribution < 1.29 is 28.7 Å². The molecule has 38 heavy (non-hydrogen) atoms. The largest absolute Gasteiger partial charge is 0.494 e. The first-order chi connectivity index (χ1) is 18.4. The van der Waals surface area contributed by atoms with Crippen LogP contribution in [0.15, 0.2) is 54.6 Å². The van der Waals surface area contributed by atoms with E-state index in [0.29, 0.717) is 37.9 Å². The van der Waals surface area contributed by atoms with E-state index in [1.807, 2.05) is 68.4 Å². The Balaban J connectivity index is 1.81. The van der Waals surface area contributed by atoms with Crippen molar-refractivity contribution in [3.63, 3.8) is 0 Å². The molecule has 3 amide bonds. The second-order valence-corrected chi connectivity index (χ2v) is 9.57. The fraction of sp³-hybridized carbons (Fsp3) is 0.448. The third kappa shape index (κ3) is 8.90. The summed E-state index contributed by atoms with van der Waals surface area (Å²) >= 11 is 0. The second-order valence-electron chi connectivity index (χ2n) is 9.57. The van der Waals surface area contributed by atoms with Gasteiger partial charge in [0.2, 0.25) is 11.8 Å². The molecule has 9 nitrogen and oxygen atoms in total. The van der Waals surface area contributed by atoms with Gasteiger partial charge in [0, 0.05) is 6.42 Å². The number of fused-ring (bicyclic) bond motifs is 14. The number of carbonyl (C=O) groups is 4. The van der Waals surface area contributed by atoms with Crippen LogP contribution in [0, 0.1) is 5.92 Å². The minimum Gasteiger partial charge on any atom is -0.494 e. The lowest BCUT2D eigenvalue weighted by molar-refractivity contribution is -0.132. The van der Waals surface area contributed by atoms with Crippen molar-refractivity contribution in [3.05, 3.63) is 65.7 Å². The molecule has 1 unspecified atom stereocenters. The van der Waals surface area contributed by atoms with Gasteiger partial charge in [-0.3, -0.25) is 9.59 Å². The predicted octanol–water partition coefficient (Wildman–Crippen LogP) is 3.30. The molecule has 0 saturated carbocycles. The van der Waals surface area contributed by atoms with Crippen molar-refractivity contribution >= 4 is 24.2 Å². The number of carbonyl (C=O) groups excluding carboxylic acids is 4. The summed E-state index contributed by atoms with van der Waals surface area (Å²) in [6.07, 6.45) is 2.66. The zero-order valence-corrected chi connectivity index (χ0v) is 22.0. The van der Waals surface area contributed by atoms with Crippen molar-refractivity contribution in [2.24, 2.45) is 5.92 Å². The molecular formula is C29H37N3O6. The van der Waals surface area contributed by atoms with Crippen LogP contribution >= 0.6 is 0 Å². The SMILES string of the molecule is CCC(C)[C@@H]1NC(=O)[C@@H](NC(=O)OCc2ccccc2)Cc2ccc(cc2)OCCCC[C@@H](C=O)NC1=O. The molecule has 0 aliphatic carbocycles. The van der Waals surface area contributed by atoms with Crippen LogP contribution in [0.4, 0.5) is 4.79 Å². The summed E-state index contributed by atoms with van der Waals surface area (Å²) in [6, 6.07) is 14.0. The molecule has 4 rings (SSSR count). The van der Waals surface area contributed by atoms with Crippen LogP contribution < -0.4 is 20.7 Å². The highest BCUT2D eigenvalue weighted by molar-refractivity contribution is 5.92. The van der Waals surface area contributed by atoms with Crippen molar-refractivity contribution in [2.45, 2.75) is 70.7 Å². The normalized spacial score (nSPS) is 21.7. The highest BCUT2D eigenvalue weighted by Crippen LogP contribution is 2.16. The summed E-state index contributed by atoms with van der Waals surface area (Å²) in [5.41, 5.74) is 1.62.